The van der Waals surface area contributed by atoms with Gasteiger partial charge in [0.15, 0.2) is 0 Å². The van der Waals surface area contributed by atoms with Crippen LogP contribution >= 0.6 is 0 Å². The highest BCUT2D eigenvalue weighted by atomic mass is 32.2. The van der Waals surface area contributed by atoms with E-state index in [0.29, 0.717) is 17.1 Å². The molecule has 0 heterocycles. The van der Waals surface area contributed by atoms with Crippen LogP contribution in [-0.2, 0) is 15.6 Å². The summed E-state index contributed by atoms with van der Waals surface area (Å²) in [6.07, 6.45) is 0. The maximum Gasteiger partial charge on any atom is 0.235 e. The van der Waals surface area contributed by atoms with Crippen LogP contribution in [0.2, 0.25) is 0 Å². The zero-order valence-electron chi connectivity index (χ0n) is 9.40. The fourth-order valence-electron chi connectivity index (χ4n) is 1.26. The molecule has 4 nitrogen and oxygen atoms in total. The normalized spacial score (nSPS) is 14.1. The van der Waals surface area contributed by atoms with Crippen LogP contribution < -0.4 is 11.1 Å². The second-order valence-electron chi connectivity index (χ2n) is 3.41. The van der Waals surface area contributed by atoms with Crippen LogP contribution in [0.5, 0.6) is 0 Å². The fourth-order valence-corrected chi connectivity index (χ4v) is 2.41. The van der Waals surface area contributed by atoms with E-state index in [2.05, 4.69) is 5.32 Å². The third-order valence-electron chi connectivity index (χ3n) is 2.13. The highest BCUT2D eigenvalue weighted by Gasteiger charge is 2.20. The summed E-state index contributed by atoms with van der Waals surface area (Å²) >= 11 is 0. The van der Waals surface area contributed by atoms with E-state index in [1.807, 2.05) is 6.92 Å². The number of nitrogens with one attached hydrogen (secondary N) is 1. The summed E-state index contributed by atoms with van der Waals surface area (Å²) in [5.74, 6) is -0.205. The SMILES string of the molecule is CCNC(=O)C(C)S(=O)c1cccc(N)c1. The largest absolute Gasteiger partial charge is 0.399 e. The standard InChI is InChI=1S/C11H16N2O2S/c1-3-13-11(14)8(2)16(15)10-6-4-5-9(12)7-10/h4-8H,3,12H2,1-2H3,(H,13,14). The van der Waals surface area contributed by atoms with Gasteiger partial charge in [-0.25, -0.2) is 0 Å². The Labute approximate surface area is 97.7 Å². The van der Waals surface area contributed by atoms with Gasteiger partial charge in [-0.05, 0) is 32.0 Å². The average Bonchev–Trinajstić information content (AvgIpc) is 2.27. The zero-order valence-corrected chi connectivity index (χ0v) is 10.2. The van der Waals surface area contributed by atoms with Crippen LogP contribution in [0.4, 0.5) is 5.69 Å². The van der Waals surface area contributed by atoms with Crippen molar-refractivity contribution in [2.24, 2.45) is 0 Å². The van der Waals surface area contributed by atoms with Crippen molar-refractivity contribution in [3.8, 4) is 0 Å². The number of anilines is 1. The molecule has 0 radical (unpaired) electrons. The Balaban J connectivity index is 2.82. The van der Waals surface area contributed by atoms with E-state index in [1.54, 1.807) is 31.2 Å². The topological polar surface area (TPSA) is 72.2 Å². The predicted molar refractivity (Wildman–Crippen MR) is 65.4 cm³/mol. The molecule has 0 saturated carbocycles. The first-order valence-corrected chi connectivity index (χ1v) is 6.31. The van der Waals surface area contributed by atoms with Gasteiger partial charge in [-0.3, -0.25) is 9.00 Å². The molecule has 0 aromatic heterocycles. The molecular weight excluding hydrogens is 224 g/mol. The third-order valence-corrected chi connectivity index (χ3v) is 3.71. The average molecular weight is 240 g/mol. The van der Waals surface area contributed by atoms with Crippen molar-refractivity contribution in [2.75, 3.05) is 12.3 Å². The molecule has 3 N–H and O–H groups in total. The van der Waals surface area contributed by atoms with Crippen molar-refractivity contribution < 1.29 is 9.00 Å². The maximum absolute atomic E-state index is 12.0. The van der Waals surface area contributed by atoms with Gasteiger partial charge in [0.05, 0.1) is 10.8 Å². The molecular formula is C11H16N2O2S. The first-order valence-electron chi connectivity index (χ1n) is 5.10. The van der Waals surface area contributed by atoms with Gasteiger partial charge in [-0.1, -0.05) is 6.07 Å². The Bertz CT molecular complexity index is 407. The molecule has 16 heavy (non-hydrogen) atoms. The van der Waals surface area contributed by atoms with Crippen molar-refractivity contribution in [1.29, 1.82) is 0 Å². The van der Waals surface area contributed by atoms with Gasteiger partial charge in [0.2, 0.25) is 5.91 Å². The lowest BCUT2D eigenvalue weighted by Gasteiger charge is -2.11. The summed E-state index contributed by atoms with van der Waals surface area (Å²) in [5.41, 5.74) is 6.15. The second kappa shape index (κ2) is 5.65. The summed E-state index contributed by atoms with van der Waals surface area (Å²) in [4.78, 5) is 12.1. The van der Waals surface area contributed by atoms with Crippen molar-refractivity contribution in [2.45, 2.75) is 24.0 Å². The molecule has 2 unspecified atom stereocenters. The van der Waals surface area contributed by atoms with Crippen molar-refractivity contribution in [3.63, 3.8) is 0 Å². The highest BCUT2D eigenvalue weighted by molar-refractivity contribution is 7.86. The highest BCUT2D eigenvalue weighted by Crippen LogP contribution is 2.14. The second-order valence-corrected chi connectivity index (χ2v) is 5.18. The molecule has 0 aliphatic heterocycles. The summed E-state index contributed by atoms with van der Waals surface area (Å²) in [6.45, 7) is 4.01. The van der Waals surface area contributed by atoms with E-state index in [0.717, 1.165) is 0 Å². The van der Waals surface area contributed by atoms with Crippen molar-refractivity contribution in [3.05, 3.63) is 24.3 Å². The molecule has 1 aromatic rings. The number of carbonyl (C=O) groups is 1. The number of hydrogen-bond acceptors (Lipinski definition) is 3. The van der Waals surface area contributed by atoms with Gasteiger partial charge in [0.25, 0.3) is 0 Å². The number of hydrogen-bond donors (Lipinski definition) is 2. The molecule has 1 amide bonds. The van der Waals surface area contributed by atoms with E-state index >= 15 is 0 Å². The molecule has 0 bridgehead atoms. The molecule has 88 valence electrons. The Morgan fingerprint density at radius 2 is 2.25 bits per heavy atom. The molecule has 0 aliphatic carbocycles. The molecule has 2 atom stereocenters. The Hall–Kier alpha value is -1.36. The van der Waals surface area contributed by atoms with Crippen LogP contribution in [0.25, 0.3) is 0 Å². The number of nitrogen functional groups attached to an aromatic ring is 1. The van der Waals surface area contributed by atoms with Gasteiger partial charge in [0.1, 0.15) is 5.25 Å². The van der Waals surface area contributed by atoms with Gasteiger partial charge in [0, 0.05) is 17.1 Å². The third kappa shape index (κ3) is 3.06. The van der Waals surface area contributed by atoms with Gasteiger partial charge in [-0.15, -0.1) is 0 Å². The van der Waals surface area contributed by atoms with Crippen molar-refractivity contribution in [1.82, 2.24) is 5.32 Å². The summed E-state index contributed by atoms with van der Waals surface area (Å²) < 4.78 is 12.0. The van der Waals surface area contributed by atoms with Crippen LogP contribution in [0.3, 0.4) is 0 Å². The van der Waals surface area contributed by atoms with E-state index in [4.69, 9.17) is 5.73 Å². The monoisotopic (exact) mass is 240 g/mol. The lowest BCUT2D eigenvalue weighted by Crippen LogP contribution is -2.35. The maximum atomic E-state index is 12.0. The molecule has 5 heteroatoms. The lowest BCUT2D eigenvalue weighted by atomic mass is 10.3. The van der Waals surface area contributed by atoms with Crippen LogP contribution in [-0.4, -0.2) is 21.9 Å². The van der Waals surface area contributed by atoms with E-state index in [9.17, 15) is 9.00 Å². The quantitative estimate of drug-likeness (QED) is 0.768. The summed E-state index contributed by atoms with van der Waals surface area (Å²) in [5, 5.41) is 2.08. The Morgan fingerprint density at radius 3 is 2.81 bits per heavy atom. The lowest BCUT2D eigenvalue weighted by molar-refractivity contribution is -0.120. The minimum atomic E-state index is -1.36. The number of rotatable bonds is 4. The smallest absolute Gasteiger partial charge is 0.235 e. The van der Waals surface area contributed by atoms with Crippen LogP contribution in [0.15, 0.2) is 29.2 Å². The summed E-state index contributed by atoms with van der Waals surface area (Å²) in [6, 6.07) is 6.79. The fraction of sp³-hybridized carbons (Fsp3) is 0.364. The van der Waals surface area contributed by atoms with Gasteiger partial charge in [-0.2, -0.15) is 0 Å². The minimum Gasteiger partial charge on any atom is -0.399 e. The predicted octanol–water partition coefficient (Wildman–Crippen LogP) is 0.901. The van der Waals surface area contributed by atoms with Gasteiger partial charge < -0.3 is 11.1 Å². The number of amides is 1. The Morgan fingerprint density at radius 1 is 1.56 bits per heavy atom. The first-order chi connectivity index (χ1) is 7.56. The molecule has 0 saturated heterocycles. The molecule has 1 rings (SSSR count). The van der Waals surface area contributed by atoms with Gasteiger partial charge >= 0.3 is 0 Å². The molecule has 1 aromatic carbocycles. The minimum absolute atomic E-state index is 0.205. The number of nitrogens with two attached hydrogens (primary N) is 1. The molecule has 0 aliphatic rings. The Kier molecular flexibility index (Phi) is 4.49. The van der Waals surface area contributed by atoms with E-state index in [1.165, 1.54) is 0 Å². The van der Waals surface area contributed by atoms with E-state index < -0.39 is 16.0 Å². The zero-order chi connectivity index (χ0) is 12.1. The summed E-state index contributed by atoms with van der Waals surface area (Å²) in [7, 11) is -1.36. The first kappa shape index (κ1) is 12.7. The van der Waals surface area contributed by atoms with Crippen LogP contribution in [0, 0.1) is 0 Å². The van der Waals surface area contributed by atoms with E-state index in [-0.39, 0.29) is 5.91 Å². The van der Waals surface area contributed by atoms with Crippen molar-refractivity contribution >= 4 is 22.4 Å². The molecule has 0 fully saturated rings. The van der Waals surface area contributed by atoms with Crippen LogP contribution in [0.1, 0.15) is 13.8 Å². The molecule has 0 spiro atoms. The number of benzene rings is 1. The number of carbonyl (C=O) groups excluding carboxylic acids is 1.